The molecule has 2 heterocycles. The number of rotatable bonds is 6. The summed E-state index contributed by atoms with van der Waals surface area (Å²) in [6, 6.07) is 7.77. The maximum Gasteiger partial charge on any atom is 0.314 e. The lowest BCUT2D eigenvalue weighted by Crippen LogP contribution is -2.41. The van der Waals surface area contributed by atoms with Gasteiger partial charge in [-0.3, -0.25) is 4.79 Å². The fourth-order valence-electron chi connectivity index (χ4n) is 3.05. The Morgan fingerprint density at radius 3 is 2.96 bits per heavy atom. The Kier molecular flexibility index (Phi) is 5.00. The van der Waals surface area contributed by atoms with Gasteiger partial charge in [0.2, 0.25) is 5.91 Å². The Balaban J connectivity index is 1.28. The number of benzene rings is 1. The van der Waals surface area contributed by atoms with E-state index in [0.717, 1.165) is 38.1 Å². The maximum atomic E-state index is 11.8. The van der Waals surface area contributed by atoms with Crippen molar-refractivity contribution in [3.63, 3.8) is 0 Å². The van der Waals surface area contributed by atoms with Gasteiger partial charge in [0.15, 0.2) is 0 Å². The average Bonchev–Trinajstić information content (AvgIpc) is 3.15. The Labute approximate surface area is 136 Å². The summed E-state index contributed by atoms with van der Waals surface area (Å²) in [5.74, 6) is 1.14. The number of ether oxygens (including phenoxy) is 1. The monoisotopic (exact) mass is 317 g/mol. The van der Waals surface area contributed by atoms with Crippen molar-refractivity contribution in [2.45, 2.75) is 31.8 Å². The number of carbonyl (C=O) groups excluding carboxylic acids is 2. The first-order valence-electron chi connectivity index (χ1n) is 8.26. The quantitative estimate of drug-likeness (QED) is 0.777. The largest absolute Gasteiger partial charge is 0.488 e. The number of para-hydroxylation sites is 1. The molecule has 0 spiro atoms. The van der Waals surface area contributed by atoms with Gasteiger partial charge in [-0.2, -0.15) is 0 Å². The highest BCUT2D eigenvalue weighted by Gasteiger charge is 2.22. The van der Waals surface area contributed by atoms with Crippen molar-refractivity contribution in [1.82, 2.24) is 15.5 Å². The summed E-state index contributed by atoms with van der Waals surface area (Å²) in [6.07, 6.45) is 3.23. The van der Waals surface area contributed by atoms with E-state index in [9.17, 15) is 9.59 Å². The van der Waals surface area contributed by atoms with Crippen LogP contribution in [0.4, 0.5) is 4.79 Å². The molecule has 6 heteroatoms. The third-order valence-corrected chi connectivity index (χ3v) is 4.27. The van der Waals surface area contributed by atoms with E-state index in [1.165, 1.54) is 5.56 Å². The van der Waals surface area contributed by atoms with Crippen molar-refractivity contribution in [3.8, 4) is 5.75 Å². The first-order valence-corrected chi connectivity index (χ1v) is 8.26. The van der Waals surface area contributed by atoms with Crippen LogP contribution in [0.1, 0.15) is 24.8 Å². The zero-order chi connectivity index (χ0) is 16.1. The Morgan fingerprint density at radius 2 is 2.17 bits per heavy atom. The molecule has 0 bridgehead atoms. The highest BCUT2D eigenvalue weighted by Crippen LogP contribution is 2.27. The van der Waals surface area contributed by atoms with E-state index in [4.69, 9.17) is 4.74 Å². The molecule has 0 aliphatic carbocycles. The summed E-state index contributed by atoms with van der Waals surface area (Å²) in [6.45, 7) is 2.64. The van der Waals surface area contributed by atoms with Crippen LogP contribution in [0, 0.1) is 0 Å². The zero-order valence-corrected chi connectivity index (χ0v) is 13.2. The van der Waals surface area contributed by atoms with Crippen LogP contribution in [-0.4, -0.2) is 49.1 Å². The molecule has 1 aromatic carbocycles. The van der Waals surface area contributed by atoms with E-state index < -0.39 is 0 Å². The molecule has 0 unspecified atom stereocenters. The predicted octanol–water partition coefficient (Wildman–Crippen LogP) is 1.30. The van der Waals surface area contributed by atoms with E-state index in [1.807, 2.05) is 23.1 Å². The number of nitrogens with zero attached hydrogens (tertiary/aromatic N) is 1. The van der Waals surface area contributed by atoms with E-state index in [0.29, 0.717) is 19.5 Å². The summed E-state index contributed by atoms with van der Waals surface area (Å²) in [7, 11) is 0. The normalized spacial score (nSPS) is 19.4. The van der Waals surface area contributed by atoms with E-state index in [1.54, 1.807) is 0 Å². The number of hydrogen-bond acceptors (Lipinski definition) is 3. The van der Waals surface area contributed by atoms with Gasteiger partial charge >= 0.3 is 6.03 Å². The molecule has 23 heavy (non-hydrogen) atoms. The van der Waals surface area contributed by atoms with Gasteiger partial charge in [-0.25, -0.2) is 4.79 Å². The van der Waals surface area contributed by atoms with Gasteiger partial charge in [-0.05, 0) is 24.5 Å². The minimum Gasteiger partial charge on any atom is -0.488 e. The molecule has 0 aromatic heterocycles. The smallest absolute Gasteiger partial charge is 0.314 e. The fourth-order valence-corrected chi connectivity index (χ4v) is 3.05. The third-order valence-electron chi connectivity index (χ3n) is 4.27. The Bertz CT molecular complexity index is 551. The molecule has 2 aliphatic heterocycles. The number of hydrogen-bond donors (Lipinski definition) is 2. The third kappa shape index (κ3) is 4.15. The van der Waals surface area contributed by atoms with Crippen molar-refractivity contribution >= 4 is 11.9 Å². The van der Waals surface area contributed by atoms with E-state index >= 15 is 0 Å². The Morgan fingerprint density at radius 1 is 1.30 bits per heavy atom. The van der Waals surface area contributed by atoms with Crippen LogP contribution in [0.3, 0.4) is 0 Å². The molecule has 1 atom stereocenters. The van der Waals surface area contributed by atoms with Crippen molar-refractivity contribution in [3.05, 3.63) is 29.8 Å². The second kappa shape index (κ2) is 7.35. The van der Waals surface area contributed by atoms with Crippen molar-refractivity contribution < 1.29 is 14.3 Å². The number of amides is 3. The van der Waals surface area contributed by atoms with Crippen molar-refractivity contribution in [2.24, 2.45) is 0 Å². The molecule has 1 fully saturated rings. The van der Waals surface area contributed by atoms with E-state index in [-0.39, 0.29) is 18.0 Å². The number of fused-ring (bicyclic) bond motifs is 1. The molecule has 2 N–H and O–H groups in total. The van der Waals surface area contributed by atoms with Crippen LogP contribution >= 0.6 is 0 Å². The molecular formula is C17H23N3O3. The average molecular weight is 317 g/mol. The van der Waals surface area contributed by atoms with Gasteiger partial charge < -0.3 is 20.3 Å². The number of urea groups is 1. The van der Waals surface area contributed by atoms with Gasteiger partial charge in [0.1, 0.15) is 11.9 Å². The number of likely N-dealkylation sites (tertiary alicyclic amines) is 1. The summed E-state index contributed by atoms with van der Waals surface area (Å²) < 4.78 is 5.78. The van der Waals surface area contributed by atoms with Crippen LogP contribution in [0.25, 0.3) is 0 Å². The summed E-state index contributed by atoms with van der Waals surface area (Å²) in [5, 5.41) is 5.66. The molecule has 6 nitrogen and oxygen atoms in total. The van der Waals surface area contributed by atoms with Gasteiger partial charge in [-0.1, -0.05) is 18.2 Å². The highest BCUT2D eigenvalue weighted by molar-refractivity contribution is 5.78. The van der Waals surface area contributed by atoms with Crippen molar-refractivity contribution in [1.29, 1.82) is 0 Å². The summed E-state index contributed by atoms with van der Waals surface area (Å²) in [5.41, 5.74) is 1.19. The lowest BCUT2D eigenvalue weighted by atomic mass is 10.1. The fraction of sp³-hybridized carbons (Fsp3) is 0.529. The first kappa shape index (κ1) is 15.6. The molecule has 1 saturated heterocycles. The van der Waals surface area contributed by atoms with Gasteiger partial charge in [0, 0.05) is 32.5 Å². The second-order valence-electron chi connectivity index (χ2n) is 6.03. The Hall–Kier alpha value is -2.24. The highest BCUT2D eigenvalue weighted by atomic mass is 16.5. The molecule has 0 radical (unpaired) electrons. The molecule has 0 saturated carbocycles. The van der Waals surface area contributed by atoms with Gasteiger partial charge in [0.05, 0.1) is 6.54 Å². The second-order valence-corrected chi connectivity index (χ2v) is 6.03. The predicted molar refractivity (Wildman–Crippen MR) is 86.4 cm³/mol. The standard InChI is InChI=1S/C17H23N3O3/c21-16-7-3-9-20(16)10-4-8-18-17(22)19-12-14-11-13-5-1-2-6-15(13)23-14/h1-2,5-6,14H,3-4,7-12H2,(H2,18,19,22)/t14-/m1/s1. The topological polar surface area (TPSA) is 70.7 Å². The molecule has 2 aliphatic rings. The lowest BCUT2D eigenvalue weighted by Gasteiger charge is -2.16. The number of nitrogens with one attached hydrogen (secondary N) is 2. The molecule has 1 aromatic rings. The van der Waals surface area contributed by atoms with Gasteiger partial charge in [0.25, 0.3) is 0 Å². The van der Waals surface area contributed by atoms with Crippen LogP contribution < -0.4 is 15.4 Å². The molecular weight excluding hydrogens is 294 g/mol. The van der Waals surface area contributed by atoms with Crippen LogP contribution in [0.2, 0.25) is 0 Å². The van der Waals surface area contributed by atoms with Crippen LogP contribution in [0.5, 0.6) is 5.75 Å². The molecule has 3 amide bonds. The van der Waals surface area contributed by atoms with Crippen molar-refractivity contribution in [2.75, 3.05) is 26.2 Å². The zero-order valence-electron chi connectivity index (χ0n) is 13.2. The van der Waals surface area contributed by atoms with Gasteiger partial charge in [-0.15, -0.1) is 0 Å². The summed E-state index contributed by atoms with van der Waals surface area (Å²) >= 11 is 0. The van der Waals surface area contributed by atoms with Crippen LogP contribution in [-0.2, 0) is 11.2 Å². The number of carbonyl (C=O) groups is 2. The molecule has 124 valence electrons. The lowest BCUT2D eigenvalue weighted by molar-refractivity contribution is -0.127. The minimum absolute atomic E-state index is 0.000344. The minimum atomic E-state index is -0.183. The molecule has 3 rings (SSSR count). The maximum absolute atomic E-state index is 11.8. The van der Waals surface area contributed by atoms with E-state index in [2.05, 4.69) is 16.7 Å². The summed E-state index contributed by atoms with van der Waals surface area (Å²) in [4.78, 5) is 25.1. The van der Waals surface area contributed by atoms with Crippen LogP contribution in [0.15, 0.2) is 24.3 Å². The first-order chi connectivity index (χ1) is 11.2. The SMILES string of the molecule is O=C(NCCCN1CCCC1=O)NC[C@H]1Cc2ccccc2O1.